The summed E-state index contributed by atoms with van der Waals surface area (Å²) in [5, 5.41) is -0.158. The van der Waals surface area contributed by atoms with Crippen LogP contribution >= 0.6 is 34.5 Å². The molecular weight excluding hydrogens is 388 g/mol. The highest BCUT2D eigenvalue weighted by Crippen LogP contribution is 2.47. The second-order valence-electron chi connectivity index (χ2n) is 3.90. The van der Waals surface area contributed by atoms with Gasteiger partial charge in [0.2, 0.25) is 5.78 Å². The highest BCUT2D eigenvalue weighted by atomic mass is 35.5. The molecule has 0 fully saturated rings. The standard InChI is InChI=1S/C10H3Cl2F7O2S/c11-3-1-5(22-7(3)12)4(20)2-6(21)8(13,14)9(15,16)10(17,18)19/h1H,2H2. The lowest BCUT2D eigenvalue weighted by atomic mass is 10.0. The zero-order valence-corrected chi connectivity index (χ0v) is 12.2. The molecule has 0 unspecified atom stereocenters. The van der Waals surface area contributed by atoms with E-state index in [1.807, 2.05) is 0 Å². The monoisotopic (exact) mass is 390 g/mol. The number of ketones is 2. The maximum absolute atomic E-state index is 13.0. The Balaban J connectivity index is 2.99. The Morgan fingerprint density at radius 2 is 1.55 bits per heavy atom. The largest absolute Gasteiger partial charge is 0.460 e. The first-order valence-corrected chi connectivity index (χ1v) is 6.62. The summed E-state index contributed by atoms with van der Waals surface area (Å²) in [7, 11) is 0. The van der Waals surface area contributed by atoms with Crippen LogP contribution in [0.4, 0.5) is 30.7 Å². The van der Waals surface area contributed by atoms with Crippen LogP contribution in [0.1, 0.15) is 16.1 Å². The molecule has 1 rings (SSSR count). The van der Waals surface area contributed by atoms with Crippen molar-refractivity contribution in [3.63, 3.8) is 0 Å². The normalized spacial score (nSPS) is 13.3. The summed E-state index contributed by atoms with van der Waals surface area (Å²) in [6.45, 7) is 0. The van der Waals surface area contributed by atoms with Gasteiger partial charge in [0.1, 0.15) is 4.34 Å². The molecule has 0 aliphatic heterocycles. The van der Waals surface area contributed by atoms with Crippen molar-refractivity contribution in [2.24, 2.45) is 0 Å². The molecule has 0 saturated heterocycles. The van der Waals surface area contributed by atoms with Crippen molar-refractivity contribution in [1.29, 1.82) is 0 Å². The molecule has 12 heteroatoms. The molecule has 0 bridgehead atoms. The Kier molecular flexibility index (Phi) is 5.20. The third-order valence-corrected chi connectivity index (χ3v) is 4.25. The van der Waals surface area contributed by atoms with Crippen LogP contribution in [-0.4, -0.2) is 29.6 Å². The van der Waals surface area contributed by atoms with Gasteiger partial charge in [-0.15, -0.1) is 11.3 Å². The lowest BCUT2D eigenvalue weighted by Gasteiger charge is -2.26. The van der Waals surface area contributed by atoms with E-state index < -0.39 is 40.9 Å². The molecule has 0 atom stereocenters. The van der Waals surface area contributed by atoms with Crippen LogP contribution in [0.25, 0.3) is 0 Å². The summed E-state index contributed by atoms with van der Waals surface area (Å²) < 4.78 is 86.9. The lowest BCUT2D eigenvalue weighted by Crippen LogP contribution is -2.56. The molecule has 0 spiro atoms. The number of hydrogen-bond acceptors (Lipinski definition) is 3. The van der Waals surface area contributed by atoms with Gasteiger partial charge in [0, 0.05) is 0 Å². The van der Waals surface area contributed by atoms with Crippen molar-refractivity contribution >= 4 is 46.1 Å². The van der Waals surface area contributed by atoms with Crippen LogP contribution in [0, 0.1) is 0 Å². The second kappa shape index (κ2) is 5.97. The van der Waals surface area contributed by atoms with Crippen molar-refractivity contribution in [2.75, 3.05) is 0 Å². The highest BCUT2D eigenvalue weighted by molar-refractivity contribution is 7.18. The molecule has 2 nitrogen and oxygen atoms in total. The van der Waals surface area contributed by atoms with Gasteiger partial charge in [0.15, 0.2) is 5.78 Å². The number of hydrogen-bond donors (Lipinski definition) is 0. The van der Waals surface area contributed by atoms with Crippen LogP contribution in [0.5, 0.6) is 0 Å². The molecule has 1 aromatic rings. The van der Waals surface area contributed by atoms with Gasteiger partial charge in [-0.3, -0.25) is 9.59 Å². The average Bonchev–Trinajstić information content (AvgIpc) is 2.67. The maximum Gasteiger partial charge on any atom is 0.460 e. The first kappa shape index (κ1) is 19.2. The van der Waals surface area contributed by atoms with Crippen molar-refractivity contribution in [3.8, 4) is 0 Å². The Labute approximate surface area is 131 Å². The summed E-state index contributed by atoms with van der Waals surface area (Å²) in [6.07, 6.45) is -8.50. The van der Waals surface area contributed by atoms with Crippen LogP contribution in [0.2, 0.25) is 9.36 Å². The summed E-state index contributed by atoms with van der Waals surface area (Å²) in [5.41, 5.74) is 0. The van der Waals surface area contributed by atoms with E-state index in [1.165, 1.54) is 0 Å². The minimum absolute atomic E-state index is 0.134. The zero-order valence-electron chi connectivity index (χ0n) is 9.91. The second-order valence-corrected chi connectivity index (χ2v) is 5.96. The summed E-state index contributed by atoms with van der Waals surface area (Å²) in [4.78, 5) is 22.1. The Morgan fingerprint density at radius 3 is 1.91 bits per heavy atom. The molecule has 1 aromatic heterocycles. The quantitative estimate of drug-likeness (QED) is 0.401. The van der Waals surface area contributed by atoms with E-state index in [0.29, 0.717) is 11.3 Å². The molecule has 0 radical (unpaired) electrons. The van der Waals surface area contributed by atoms with Gasteiger partial charge in [0.25, 0.3) is 0 Å². The van der Waals surface area contributed by atoms with E-state index in [-0.39, 0.29) is 9.36 Å². The van der Waals surface area contributed by atoms with E-state index in [0.717, 1.165) is 6.07 Å². The van der Waals surface area contributed by atoms with Gasteiger partial charge < -0.3 is 0 Å². The van der Waals surface area contributed by atoms with Gasteiger partial charge >= 0.3 is 18.0 Å². The first-order valence-electron chi connectivity index (χ1n) is 5.05. The van der Waals surface area contributed by atoms with Gasteiger partial charge in [-0.1, -0.05) is 23.2 Å². The van der Waals surface area contributed by atoms with Gasteiger partial charge in [-0.05, 0) is 6.07 Å². The Morgan fingerprint density at radius 1 is 1.05 bits per heavy atom. The third kappa shape index (κ3) is 3.38. The predicted octanol–water partition coefficient (Wildman–Crippen LogP) is 5.03. The maximum atomic E-state index is 13.0. The molecule has 0 amide bonds. The summed E-state index contributed by atoms with van der Waals surface area (Å²) >= 11 is 11.4. The van der Waals surface area contributed by atoms with E-state index in [4.69, 9.17) is 23.2 Å². The highest BCUT2D eigenvalue weighted by Gasteiger charge is 2.75. The van der Waals surface area contributed by atoms with E-state index in [1.54, 1.807) is 0 Å². The number of carbonyl (C=O) groups is 2. The van der Waals surface area contributed by atoms with Crippen molar-refractivity contribution < 1.29 is 40.3 Å². The molecule has 0 aliphatic rings. The minimum Gasteiger partial charge on any atom is -0.293 e. The minimum atomic E-state index is -6.65. The molecule has 22 heavy (non-hydrogen) atoms. The molecule has 0 saturated carbocycles. The van der Waals surface area contributed by atoms with Crippen LogP contribution < -0.4 is 0 Å². The number of alkyl halides is 7. The zero-order chi connectivity index (χ0) is 17.5. The SMILES string of the molecule is O=C(CC(=O)C(F)(F)C(F)(F)C(F)(F)F)c1cc(Cl)c(Cl)s1. The van der Waals surface area contributed by atoms with Crippen molar-refractivity contribution in [3.05, 3.63) is 20.3 Å². The fourth-order valence-corrected chi connectivity index (χ4v) is 2.49. The number of rotatable bonds is 5. The molecule has 0 aromatic carbocycles. The van der Waals surface area contributed by atoms with Crippen molar-refractivity contribution in [1.82, 2.24) is 0 Å². The number of thiophene rings is 1. The van der Waals surface area contributed by atoms with Gasteiger partial charge in [-0.25, -0.2) is 0 Å². The van der Waals surface area contributed by atoms with Crippen LogP contribution in [0.3, 0.4) is 0 Å². The Bertz CT molecular complexity index is 589. The summed E-state index contributed by atoms with van der Waals surface area (Å²) in [5.74, 6) is -16.9. The van der Waals surface area contributed by atoms with Crippen LogP contribution in [0.15, 0.2) is 6.07 Å². The van der Waals surface area contributed by atoms with E-state index >= 15 is 0 Å². The number of halogens is 9. The fraction of sp³-hybridized carbons (Fsp3) is 0.400. The molecule has 1 heterocycles. The number of carbonyl (C=O) groups excluding carboxylic acids is 2. The molecule has 124 valence electrons. The topological polar surface area (TPSA) is 34.1 Å². The van der Waals surface area contributed by atoms with Gasteiger partial charge in [-0.2, -0.15) is 30.7 Å². The summed E-state index contributed by atoms with van der Waals surface area (Å²) in [6, 6.07) is 0.879. The molecule has 0 N–H and O–H groups in total. The van der Waals surface area contributed by atoms with E-state index in [9.17, 15) is 40.3 Å². The average molecular weight is 391 g/mol. The fourth-order valence-electron chi connectivity index (χ4n) is 1.18. The predicted molar refractivity (Wildman–Crippen MR) is 64.2 cm³/mol. The smallest absolute Gasteiger partial charge is 0.293 e. The van der Waals surface area contributed by atoms with Crippen LogP contribution in [-0.2, 0) is 4.79 Å². The Hall–Kier alpha value is -0.870. The first-order chi connectivity index (χ1) is 9.71. The lowest BCUT2D eigenvalue weighted by molar-refractivity contribution is -0.343. The van der Waals surface area contributed by atoms with E-state index in [2.05, 4.69) is 0 Å². The van der Waals surface area contributed by atoms with Crippen molar-refractivity contribution in [2.45, 2.75) is 24.4 Å². The third-order valence-electron chi connectivity index (χ3n) is 2.34. The molecular formula is C10H3Cl2F7O2S. The van der Waals surface area contributed by atoms with Gasteiger partial charge in [0.05, 0.1) is 16.3 Å². The number of Topliss-reactive ketones (excluding diaryl/α,β-unsaturated/α-hetero) is 2. The molecule has 0 aliphatic carbocycles.